The van der Waals surface area contributed by atoms with Crippen LogP contribution in [0.1, 0.15) is 20.8 Å². The third kappa shape index (κ3) is 3.67. The van der Waals surface area contributed by atoms with Gasteiger partial charge in [-0.05, 0) is 29.1 Å². The fourth-order valence-electron chi connectivity index (χ4n) is 1.58. The van der Waals surface area contributed by atoms with Gasteiger partial charge in [0.2, 0.25) is 0 Å². The molecule has 0 aliphatic rings. The molecule has 0 atom stereocenters. The van der Waals surface area contributed by atoms with E-state index in [1.54, 1.807) is 23.6 Å². The summed E-state index contributed by atoms with van der Waals surface area (Å²) in [7, 11) is 0. The molecule has 1 aromatic carbocycles. The maximum atomic E-state index is 12.8. The second-order valence-corrected chi connectivity index (χ2v) is 4.85. The number of halogens is 1. The molecule has 2 rings (SSSR count). The van der Waals surface area contributed by atoms with Crippen LogP contribution in [0, 0.1) is 17.7 Å². The fraction of sp³-hybridized carbons (Fsp3) is 0.133. The summed E-state index contributed by atoms with van der Waals surface area (Å²) in [5, 5.41) is 13.2. The molecule has 1 aromatic heterocycles. The van der Waals surface area contributed by atoms with E-state index < -0.39 is 0 Å². The fourth-order valence-corrected chi connectivity index (χ4v) is 2.35. The van der Waals surface area contributed by atoms with Gasteiger partial charge in [0.05, 0.1) is 0 Å². The molecular weight excluding hydrogens is 277 g/mol. The van der Waals surface area contributed by atoms with Gasteiger partial charge in [-0.1, -0.05) is 24.0 Å². The maximum absolute atomic E-state index is 12.8. The number of benzene rings is 1. The number of nitrogens with one attached hydrogen (secondary N) is 1. The molecule has 0 unspecified atom stereocenters. The van der Waals surface area contributed by atoms with E-state index in [4.69, 9.17) is 5.11 Å². The average molecular weight is 289 g/mol. The molecule has 0 aliphatic heterocycles. The summed E-state index contributed by atoms with van der Waals surface area (Å²) in [6.07, 6.45) is 0. The highest BCUT2D eigenvalue weighted by Crippen LogP contribution is 2.15. The summed E-state index contributed by atoms with van der Waals surface area (Å²) in [4.78, 5) is 12.5. The van der Waals surface area contributed by atoms with Crippen molar-refractivity contribution in [2.45, 2.75) is 6.54 Å². The minimum absolute atomic E-state index is 0.230. The third-order valence-electron chi connectivity index (χ3n) is 2.54. The van der Waals surface area contributed by atoms with E-state index in [0.29, 0.717) is 17.0 Å². The molecule has 5 heteroatoms. The van der Waals surface area contributed by atoms with Crippen molar-refractivity contribution in [3.63, 3.8) is 0 Å². The van der Waals surface area contributed by atoms with Gasteiger partial charge < -0.3 is 10.4 Å². The number of hydrogen-bond donors (Lipinski definition) is 2. The Morgan fingerprint density at radius 3 is 2.75 bits per heavy atom. The summed E-state index contributed by atoms with van der Waals surface area (Å²) < 4.78 is 12.8. The molecule has 3 nitrogen and oxygen atoms in total. The highest BCUT2D eigenvalue weighted by molar-refractivity contribution is 7.12. The number of carbonyl (C=O) groups excluding carboxylic acids is 1. The molecule has 102 valence electrons. The zero-order valence-electron chi connectivity index (χ0n) is 10.5. The number of aliphatic hydroxyl groups is 1. The van der Waals surface area contributed by atoms with Crippen LogP contribution >= 0.6 is 11.3 Å². The van der Waals surface area contributed by atoms with Crippen molar-refractivity contribution in [3.8, 4) is 11.8 Å². The van der Waals surface area contributed by atoms with Gasteiger partial charge >= 0.3 is 0 Å². The first-order chi connectivity index (χ1) is 9.70. The molecule has 2 aromatic rings. The van der Waals surface area contributed by atoms with Gasteiger partial charge in [-0.2, -0.15) is 0 Å². The van der Waals surface area contributed by atoms with Crippen molar-refractivity contribution >= 4 is 17.2 Å². The minimum Gasteiger partial charge on any atom is -0.384 e. The zero-order valence-corrected chi connectivity index (χ0v) is 11.3. The standard InChI is InChI=1S/C15H12FNO2S/c16-13-5-3-11(4-6-13)10-17-15(19)14-12(2-1-8-18)7-9-20-14/h3-7,9,18H,8,10H2,(H,17,19). The maximum Gasteiger partial charge on any atom is 0.262 e. The van der Waals surface area contributed by atoms with Gasteiger partial charge in [-0.25, -0.2) is 4.39 Å². The van der Waals surface area contributed by atoms with Crippen molar-refractivity contribution in [1.29, 1.82) is 0 Å². The van der Waals surface area contributed by atoms with Crippen molar-refractivity contribution in [2.24, 2.45) is 0 Å². The third-order valence-corrected chi connectivity index (χ3v) is 3.45. The molecule has 1 amide bonds. The van der Waals surface area contributed by atoms with Crippen molar-refractivity contribution in [1.82, 2.24) is 5.32 Å². The van der Waals surface area contributed by atoms with Crippen LogP contribution in [-0.4, -0.2) is 17.6 Å². The highest BCUT2D eigenvalue weighted by atomic mass is 32.1. The Hall–Kier alpha value is -2.16. The largest absolute Gasteiger partial charge is 0.384 e. The van der Waals surface area contributed by atoms with Crippen LogP contribution in [0.4, 0.5) is 4.39 Å². The number of thiophene rings is 1. The predicted molar refractivity (Wildman–Crippen MR) is 75.9 cm³/mol. The van der Waals surface area contributed by atoms with Gasteiger partial charge in [0.25, 0.3) is 5.91 Å². The molecule has 2 N–H and O–H groups in total. The average Bonchev–Trinajstić information content (AvgIpc) is 2.92. The Labute approximate surface area is 120 Å². The molecule has 20 heavy (non-hydrogen) atoms. The Kier molecular flexibility index (Phi) is 4.88. The second kappa shape index (κ2) is 6.85. The molecule has 0 aliphatic carbocycles. The molecule has 0 bridgehead atoms. The van der Waals surface area contributed by atoms with E-state index >= 15 is 0 Å². The molecule has 0 radical (unpaired) electrons. The van der Waals surface area contributed by atoms with Crippen LogP contribution in [0.2, 0.25) is 0 Å². The molecule has 0 saturated carbocycles. The lowest BCUT2D eigenvalue weighted by Crippen LogP contribution is -2.22. The monoisotopic (exact) mass is 289 g/mol. The molecule has 0 saturated heterocycles. The Balaban J connectivity index is 2.02. The first-order valence-corrected chi connectivity index (χ1v) is 6.78. The number of rotatable bonds is 3. The van der Waals surface area contributed by atoms with Gasteiger partial charge in [-0.15, -0.1) is 11.3 Å². The van der Waals surface area contributed by atoms with Crippen LogP contribution < -0.4 is 5.32 Å². The van der Waals surface area contributed by atoms with Crippen LogP contribution in [0.5, 0.6) is 0 Å². The topological polar surface area (TPSA) is 49.3 Å². The number of amides is 1. The highest BCUT2D eigenvalue weighted by Gasteiger charge is 2.11. The van der Waals surface area contributed by atoms with E-state index in [2.05, 4.69) is 17.2 Å². The lowest BCUT2D eigenvalue weighted by Gasteiger charge is -2.04. The molecule has 0 spiro atoms. The normalized spacial score (nSPS) is 9.70. The Morgan fingerprint density at radius 2 is 2.05 bits per heavy atom. The summed E-state index contributed by atoms with van der Waals surface area (Å²) in [6, 6.07) is 7.68. The Bertz CT molecular complexity index is 653. The first kappa shape index (κ1) is 14.3. The predicted octanol–water partition coefficient (Wildman–Crippen LogP) is 2.16. The Morgan fingerprint density at radius 1 is 1.30 bits per heavy atom. The van der Waals surface area contributed by atoms with Crippen LogP contribution in [0.15, 0.2) is 35.7 Å². The van der Waals surface area contributed by atoms with Crippen molar-refractivity contribution < 1.29 is 14.3 Å². The molecule has 0 fully saturated rings. The van der Waals surface area contributed by atoms with Gasteiger partial charge in [0, 0.05) is 12.1 Å². The lowest BCUT2D eigenvalue weighted by atomic mass is 10.2. The van der Waals surface area contributed by atoms with E-state index in [1.807, 2.05) is 0 Å². The molecule has 1 heterocycles. The second-order valence-electron chi connectivity index (χ2n) is 3.93. The zero-order chi connectivity index (χ0) is 14.4. The van der Waals surface area contributed by atoms with E-state index in [0.717, 1.165) is 5.56 Å². The van der Waals surface area contributed by atoms with Crippen molar-refractivity contribution in [3.05, 3.63) is 57.5 Å². The minimum atomic E-state index is -0.306. The van der Waals surface area contributed by atoms with E-state index in [1.165, 1.54) is 23.5 Å². The van der Waals surface area contributed by atoms with E-state index in [-0.39, 0.29) is 18.3 Å². The van der Waals surface area contributed by atoms with Gasteiger partial charge in [-0.3, -0.25) is 4.79 Å². The van der Waals surface area contributed by atoms with Crippen molar-refractivity contribution in [2.75, 3.05) is 6.61 Å². The summed E-state index contributed by atoms with van der Waals surface area (Å²) in [5.74, 6) is 4.71. The number of hydrogen-bond acceptors (Lipinski definition) is 3. The van der Waals surface area contributed by atoms with Crippen LogP contribution in [-0.2, 0) is 6.54 Å². The van der Waals surface area contributed by atoms with Crippen LogP contribution in [0.3, 0.4) is 0 Å². The summed E-state index contributed by atoms with van der Waals surface area (Å²) >= 11 is 1.29. The quantitative estimate of drug-likeness (QED) is 0.851. The summed E-state index contributed by atoms with van der Waals surface area (Å²) in [5.41, 5.74) is 1.42. The number of aliphatic hydroxyl groups excluding tert-OH is 1. The first-order valence-electron chi connectivity index (χ1n) is 5.90. The van der Waals surface area contributed by atoms with E-state index in [9.17, 15) is 9.18 Å². The number of carbonyl (C=O) groups is 1. The lowest BCUT2D eigenvalue weighted by molar-refractivity contribution is 0.0955. The van der Waals surface area contributed by atoms with Crippen LogP contribution in [0.25, 0.3) is 0 Å². The summed E-state index contributed by atoms with van der Waals surface area (Å²) in [6.45, 7) is 0.0797. The van der Waals surface area contributed by atoms with Gasteiger partial charge in [0.1, 0.15) is 17.3 Å². The van der Waals surface area contributed by atoms with Gasteiger partial charge in [0.15, 0.2) is 0 Å². The molecular formula is C15H12FNO2S. The SMILES string of the molecule is O=C(NCc1ccc(F)cc1)c1sccc1C#CCO. The smallest absolute Gasteiger partial charge is 0.262 e.